The smallest absolute Gasteiger partial charge is 0.325 e. The minimum Gasteiger partial charge on any atom is -0.480 e. The number of anilines is 2. The lowest BCUT2D eigenvalue weighted by atomic mass is 10.3. The second-order valence-electron chi connectivity index (χ2n) is 3.92. The van der Waals surface area contributed by atoms with Crippen molar-refractivity contribution in [3.63, 3.8) is 0 Å². The molecule has 0 saturated heterocycles. The Labute approximate surface area is 110 Å². The van der Waals surface area contributed by atoms with Crippen LogP contribution in [0.5, 0.6) is 0 Å². The molecule has 7 heteroatoms. The second kappa shape index (κ2) is 6.39. The summed E-state index contributed by atoms with van der Waals surface area (Å²) >= 11 is 0. The molecule has 0 aliphatic carbocycles. The van der Waals surface area contributed by atoms with Crippen LogP contribution in [-0.4, -0.2) is 29.1 Å². The lowest BCUT2D eigenvalue weighted by Crippen LogP contribution is -2.40. The van der Waals surface area contributed by atoms with Crippen LogP contribution in [0.2, 0.25) is 0 Å². The van der Waals surface area contributed by atoms with Crippen LogP contribution in [0.1, 0.15) is 13.8 Å². The van der Waals surface area contributed by atoms with E-state index in [9.17, 15) is 14.4 Å². The highest BCUT2D eigenvalue weighted by Gasteiger charge is 2.13. The lowest BCUT2D eigenvalue weighted by Gasteiger charge is -2.11. The number of hydrogen-bond acceptors (Lipinski definition) is 3. The highest BCUT2D eigenvalue weighted by molar-refractivity contribution is 5.93. The average molecular weight is 265 g/mol. The van der Waals surface area contributed by atoms with Gasteiger partial charge in [0.05, 0.1) is 0 Å². The van der Waals surface area contributed by atoms with Gasteiger partial charge in [-0.15, -0.1) is 0 Å². The zero-order chi connectivity index (χ0) is 14.4. The lowest BCUT2D eigenvalue weighted by molar-refractivity contribution is -0.138. The zero-order valence-corrected chi connectivity index (χ0v) is 10.6. The Balaban J connectivity index is 2.55. The van der Waals surface area contributed by atoms with E-state index in [2.05, 4.69) is 16.0 Å². The Morgan fingerprint density at radius 1 is 1.05 bits per heavy atom. The molecule has 0 bridgehead atoms. The average Bonchev–Trinajstić information content (AvgIpc) is 2.30. The van der Waals surface area contributed by atoms with E-state index in [4.69, 9.17) is 5.11 Å². The van der Waals surface area contributed by atoms with Crippen LogP contribution >= 0.6 is 0 Å². The van der Waals surface area contributed by atoms with Gasteiger partial charge in [0.25, 0.3) is 0 Å². The molecule has 0 radical (unpaired) electrons. The summed E-state index contributed by atoms with van der Waals surface area (Å²) in [4.78, 5) is 32.8. The Morgan fingerprint density at radius 3 is 1.95 bits per heavy atom. The number of urea groups is 1. The number of carbonyl (C=O) groups excluding carboxylic acids is 2. The number of rotatable bonds is 4. The zero-order valence-electron chi connectivity index (χ0n) is 10.6. The maximum absolute atomic E-state index is 11.4. The Morgan fingerprint density at radius 2 is 1.53 bits per heavy atom. The molecule has 102 valence electrons. The molecule has 19 heavy (non-hydrogen) atoms. The largest absolute Gasteiger partial charge is 0.480 e. The first kappa shape index (κ1) is 14.5. The van der Waals surface area contributed by atoms with Crippen molar-refractivity contribution in [2.75, 3.05) is 10.6 Å². The number of amides is 3. The number of carbonyl (C=O) groups is 3. The van der Waals surface area contributed by atoms with Gasteiger partial charge in [0, 0.05) is 18.3 Å². The van der Waals surface area contributed by atoms with Crippen molar-refractivity contribution in [1.82, 2.24) is 5.32 Å². The molecular formula is C12H15N3O4. The Kier molecular flexibility index (Phi) is 4.87. The summed E-state index contributed by atoms with van der Waals surface area (Å²) in [7, 11) is 0. The van der Waals surface area contributed by atoms with Crippen molar-refractivity contribution in [2.45, 2.75) is 19.9 Å². The predicted octanol–water partition coefficient (Wildman–Crippen LogP) is 1.24. The summed E-state index contributed by atoms with van der Waals surface area (Å²) in [6, 6.07) is 4.85. The fourth-order valence-electron chi connectivity index (χ4n) is 1.27. The molecule has 0 aliphatic rings. The molecule has 0 unspecified atom stereocenters. The number of carboxylic acids is 1. The second-order valence-corrected chi connectivity index (χ2v) is 3.92. The fraction of sp³-hybridized carbons (Fsp3) is 0.250. The van der Waals surface area contributed by atoms with Crippen LogP contribution in [0.3, 0.4) is 0 Å². The maximum atomic E-state index is 11.4. The molecule has 0 aromatic heterocycles. The quantitative estimate of drug-likeness (QED) is 0.656. The SMILES string of the molecule is CC(=O)Nc1ccc(NC(=O)N[C@H](C)C(=O)O)cc1. The van der Waals surface area contributed by atoms with E-state index in [-0.39, 0.29) is 5.91 Å². The molecule has 0 spiro atoms. The first-order valence-electron chi connectivity index (χ1n) is 5.56. The molecule has 7 nitrogen and oxygen atoms in total. The standard InChI is InChI=1S/C12H15N3O4/c1-7(11(17)18)13-12(19)15-10-5-3-9(4-6-10)14-8(2)16/h3-7H,1-2H3,(H,14,16)(H,17,18)(H2,13,15,19)/t7-/m1/s1. The van der Waals surface area contributed by atoms with Gasteiger partial charge < -0.3 is 21.1 Å². The van der Waals surface area contributed by atoms with E-state index in [1.807, 2.05) is 0 Å². The van der Waals surface area contributed by atoms with Gasteiger partial charge in [0.2, 0.25) is 5.91 Å². The van der Waals surface area contributed by atoms with Gasteiger partial charge in [-0.3, -0.25) is 9.59 Å². The van der Waals surface area contributed by atoms with Crippen molar-refractivity contribution >= 4 is 29.3 Å². The van der Waals surface area contributed by atoms with Gasteiger partial charge in [0.1, 0.15) is 6.04 Å². The fourth-order valence-corrected chi connectivity index (χ4v) is 1.27. The van der Waals surface area contributed by atoms with E-state index in [0.29, 0.717) is 11.4 Å². The van der Waals surface area contributed by atoms with Crippen molar-refractivity contribution in [2.24, 2.45) is 0 Å². The predicted molar refractivity (Wildman–Crippen MR) is 70.0 cm³/mol. The molecule has 0 fully saturated rings. The van der Waals surface area contributed by atoms with Gasteiger partial charge in [-0.25, -0.2) is 4.79 Å². The molecule has 1 aromatic carbocycles. The van der Waals surface area contributed by atoms with Crippen molar-refractivity contribution in [3.05, 3.63) is 24.3 Å². The first-order chi connectivity index (χ1) is 8.88. The van der Waals surface area contributed by atoms with E-state index in [1.165, 1.54) is 13.8 Å². The van der Waals surface area contributed by atoms with E-state index >= 15 is 0 Å². The molecule has 0 heterocycles. The van der Waals surface area contributed by atoms with Crippen LogP contribution in [0, 0.1) is 0 Å². The van der Waals surface area contributed by atoms with Gasteiger partial charge in [-0.2, -0.15) is 0 Å². The molecule has 0 aliphatic heterocycles. The van der Waals surface area contributed by atoms with Crippen LogP contribution in [0.25, 0.3) is 0 Å². The van der Waals surface area contributed by atoms with Gasteiger partial charge in [-0.05, 0) is 31.2 Å². The van der Waals surface area contributed by atoms with Gasteiger partial charge in [0.15, 0.2) is 0 Å². The number of hydrogen-bond donors (Lipinski definition) is 4. The minimum absolute atomic E-state index is 0.186. The normalized spacial score (nSPS) is 11.3. The van der Waals surface area contributed by atoms with Gasteiger partial charge >= 0.3 is 12.0 Å². The van der Waals surface area contributed by atoms with E-state index in [0.717, 1.165) is 0 Å². The summed E-state index contributed by atoms with van der Waals surface area (Å²) in [6.07, 6.45) is 0. The minimum atomic E-state index is -1.11. The summed E-state index contributed by atoms with van der Waals surface area (Å²) < 4.78 is 0. The topological polar surface area (TPSA) is 108 Å². The highest BCUT2D eigenvalue weighted by atomic mass is 16.4. The van der Waals surface area contributed by atoms with Crippen LogP contribution in [-0.2, 0) is 9.59 Å². The monoisotopic (exact) mass is 265 g/mol. The molecule has 0 saturated carbocycles. The molecule has 1 atom stereocenters. The van der Waals surface area contributed by atoms with Crippen LogP contribution < -0.4 is 16.0 Å². The third-order valence-electron chi connectivity index (χ3n) is 2.18. The summed E-state index contributed by atoms with van der Waals surface area (Å²) in [5.41, 5.74) is 1.10. The highest BCUT2D eigenvalue weighted by Crippen LogP contribution is 2.13. The number of carboxylic acid groups (broad SMARTS) is 1. The molecule has 1 aromatic rings. The van der Waals surface area contributed by atoms with Crippen molar-refractivity contribution in [1.29, 1.82) is 0 Å². The summed E-state index contributed by atoms with van der Waals surface area (Å²) in [5.74, 6) is -1.30. The van der Waals surface area contributed by atoms with E-state index in [1.54, 1.807) is 24.3 Å². The summed E-state index contributed by atoms with van der Waals surface area (Å²) in [6.45, 7) is 2.76. The number of aliphatic carboxylic acids is 1. The van der Waals surface area contributed by atoms with E-state index < -0.39 is 18.0 Å². The molecule has 3 amide bonds. The summed E-state index contributed by atoms with van der Waals surface area (Å²) in [5, 5.41) is 16.0. The van der Waals surface area contributed by atoms with Crippen LogP contribution in [0.15, 0.2) is 24.3 Å². The van der Waals surface area contributed by atoms with Crippen molar-refractivity contribution < 1.29 is 19.5 Å². The van der Waals surface area contributed by atoms with Gasteiger partial charge in [-0.1, -0.05) is 0 Å². The van der Waals surface area contributed by atoms with Crippen LogP contribution in [0.4, 0.5) is 16.2 Å². The third kappa shape index (κ3) is 5.07. The third-order valence-corrected chi connectivity index (χ3v) is 2.18. The number of benzene rings is 1. The molecule has 4 N–H and O–H groups in total. The Hall–Kier alpha value is -2.57. The number of nitrogens with one attached hydrogen (secondary N) is 3. The Bertz CT molecular complexity index is 484. The maximum Gasteiger partial charge on any atom is 0.325 e. The molecule has 1 rings (SSSR count). The molecular weight excluding hydrogens is 250 g/mol. The van der Waals surface area contributed by atoms with Crippen molar-refractivity contribution in [3.8, 4) is 0 Å². The first-order valence-corrected chi connectivity index (χ1v) is 5.56.